The second kappa shape index (κ2) is 6.54. The summed E-state index contributed by atoms with van der Waals surface area (Å²) in [7, 11) is 0. The number of carbonyl (C=O) groups excluding carboxylic acids is 1. The lowest BCUT2D eigenvalue weighted by Crippen LogP contribution is -2.44. The van der Waals surface area contributed by atoms with E-state index in [-0.39, 0.29) is 24.0 Å². The molecular formula is C18H23N3O2. The van der Waals surface area contributed by atoms with Gasteiger partial charge in [0.05, 0.1) is 24.9 Å². The summed E-state index contributed by atoms with van der Waals surface area (Å²) >= 11 is 0. The number of aromatic nitrogens is 2. The summed E-state index contributed by atoms with van der Waals surface area (Å²) in [6, 6.07) is 10.0. The van der Waals surface area contributed by atoms with E-state index >= 15 is 0 Å². The van der Waals surface area contributed by atoms with Gasteiger partial charge in [0.15, 0.2) is 0 Å². The second-order valence-electron chi connectivity index (χ2n) is 6.64. The van der Waals surface area contributed by atoms with Gasteiger partial charge in [-0.2, -0.15) is 5.10 Å². The molecule has 23 heavy (non-hydrogen) atoms. The molecule has 3 rings (SSSR count). The Balaban J connectivity index is 1.65. The summed E-state index contributed by atoms with van der Waals surface area (Å²) in [6.45, 7) is 2.78. The van der Waals surface area contributed by atoms with Gasteiger partial charge in [0.25, 0.3) is 5.91 Å². The topological polar surface area (TPSA) is 67.2 Å². The van der Waals surface area contributed by atoms with Crippen molar-refractivity contribution in [2.75, 3.05) is 6.61 Å². The van der Waals surface area contributed by atoms with Crippen LogP contribution in [-0.4, -0.2) is 33.4 Å². The summed E-state index contributed by atoms with van der Waals surface area (Å²) < 4.78 is 1.77. The van der Waals surface area contributed by atoms with E-state index in [1.54, 1.807) is 17.1 Å². The van der Waals surface area contributed by atoms with Crippen molar-refractivity contribution in [2.24, 2.45) is 5.41 Å². The summed E-state index contributed by atoms with van der Waals surface area (Å²) in [6.07, 6.45) is 6.27. The molecule has 2 aromatic rings. The number of amides is 1. The Kier molecular flexibility index (Phi) is 4.48. The number of nitrogens with zero attached hydrogens (tertiary/aromatic N) is 2. The van der Waals surface area contributed by atoms with Crippen LogP contribution in [0, 0.1) is 5.41 Å². The number of rotatable bonds is 5. The van der Waals surface area contributed by atoms with E-state index in [1.807, 2.05) is 37.3 Å². The van der Waals surface area contributed by atoms with Crippen LogP contribution in [0.3, 0.4) is 0 Å². The highest BCUT2D eigenvalue weighted by molar-refractivity contribution is 5.93. The monoisotopic (exact) mass is 313 g/mol. The van der Waals surface area contributed by atoms with E-state index in [1.165, 1.54) is 0 Å². The minimum atomic E-state index is -0.213. The number of aliphatic hydroxyl groups is 1. The Morgan fingerprint density at radius 3 is 2.96 bits per heavy atom. The van der Waals surface area contributed by atoms with Crippen molar-refractivity contribution in [3.05, 3.63) is 53.9 Å². The van der Waals surface area contributed by atoms with Crippen LogP contribution in [0.15, 0.2) is 42.7 Å². The van der Waals surface area contributed by atoms with Gasteiger partial charge in [0, 0.05) is 17.7 Å². The van der Waals surface area contributed by atoms with Gasteiger partial charge in [0.2, 0.25) is 0 Å². The SMILES string of the molecule is CC1(CO)CCCC1NC(=O)c1cnn(Cc2ccccc2)c1. The average Bonchev–Trinajstić information content (AvgIpc) is 3.16. The highest BCUT2D eigenvalue weighted by atomic mass is 16.3. The van der Waals surface area contributed by atoms with Crippen LogP contribution in [0.4, 0.5) is 0 Å². The third-order valence-corrected chi connectivity index (χ3v) is 4.83. The molecule has 5 nitrogen and oxygen atoms in total. The molecule has 1 aromatic heterocycles. The molecule has 5 heteroatoms. The molecule has 0 radical (unpaired) electrons. The maximum absolute atomic E-state index is 12.4. The molecule has 2 unspecified atom stereocenters. The van der Waals surface area contributed by atoms with Gasteiger partial charge in [0.1, 0.15) is 0 Å². The van der Waals surface area contributed by atoms with Crippen LogP contribution in [0.25, 0.3) is 0 Å². The first kappa shape index (κ1) is 15.7. The van der Waals surface area contributed by atoms with Crippen molar-refractivity contribution in [1.29, 1.82) is 0 Å². The van der Waals surface area contributed by atoms with E-state index in [9.17, 15) is 9.90 Å². The summed E-state index contributed by atoms with van der Waals surface area (Å²) in [5, 5.41) is 16.9. The lowest BCUT2D eigenvalue weighted by atomic mass is 9.85. The molecule has 0 saturated heterocycles. The van der Waals surface area contributed by atoms with Crippen LogP contribution in [0.1, 0.15) is 42.1 Å². The maximum Gasteiger partial charge on any atom is 0.254 e. The zero-order chi connectivity index (χ0) is 16.3. The Labute approximate surface area is 136 Å². The van der Waals surface area contributed by atoms with Crippen LogP contribution in [-0.2, 0) is 6.54 Å². The zero-order valence-electron chi connectivity index (χ0n) is 13.4. The fourth-order valence-electron chi connectivity index (χ4n) is 3.25. The van der Waals surface area contributed by atoms with Crippen LogP contribution in [0.5, 0.6) is 0 Å². The molecule has 1 saturated carbocycles. The summed E-state index contributed by atoms with van der Waals surface area (Å²) in [4.78, 5) is 12.4. The van der Waals surface area contributed by atoms with Crippen molar-refractivity contribution in [2.45, 2.75) is 38.8 Å². The molecule has 0 aliphatic heterocycles. The van der Waals surface area contributed by atoms with E-state index in [2.05, 4.69) is 10.4 Å². The normalized spacial score (nSPS) is 23.8. The van der Waals surface area contributed by atoms with Gasteiger partial charge in [-0.05, 0) is 18.4 Å². The highest BCUT2D eigenvalue weighted by Crippen LogP contribution is 2.37. The van der Waals surface area contributed by atoms with E-state index in [0.717, 1.165) is 24.8 Å². The van der Waals surface area contributed by atoms with Gasteiger partial charge < -0.3 is 10.4 Å². The quantitative estimate of drug-likeness (QED) is 0.889. The van der Waals surface area contributed by atoms with Gasteiger partial charge in [-0.25, -0.2) is 0 Å². The molecule has 0 spiro atoms. The van der Waals surface area contributed by atoms with Gasteiger partial charge >= 0.3 is 0 Å². The second-order valence-corrected chi connectivity index (χ2v) is 6.64. The fourth-order valence-corrected chi connectivity index (χ4v) is 3.25. The number of nitrogens with one attached hydrogen (secondary N) is 1. The van der Waals surface area contributed by atoms with Crippen LogP contribution < -0.4 is 5.32 Å². The highest BCUT2D eigenvalue weighted by Gasteiger charge is 2.39. The molecule has 1 fully saturated rings. The van der Waals surface area contributed by atoms with E-state index in [4.69, 9.17) is 0 Å². The molecule has 0 bridgehead atoms. The number of carbonyl (C=O) groups is 1. The molecule has 2 N–H and O–H groups in total. The Morgan fingerprint density at radius 2 is 2.22 bits per heavy atom. The van der Waals surface area contributed by atoms with Crippen molar-refractivity contribution in [3.8, 4) is 0 Å². The van der Waals surface area contributed by atoms with Gasteiger partial charge in [-0.15, -0.1) is 0 Å². The molecule has 1 heterocycles. The lowest BCUT2D eigenvalue weighted by molar-refractivity contribution is 0.0830. The number of benzene rings is 1. The van der Waals surface area contributed by atoms with Crippen molar-refractivity contribution < 1.29 is 9.90 Å². The standard InChI is InChI=1S/C18H23N3O2/c1-18(13-22)9-5-8-16(18)20-17(23)15-10-19-21(12-15)11-14-6-3-2-4-7-14/h2-4,6-7,10,12,16,22H,5,8-9,11,13H2,1H3,(H,20,23). The Bertz CT molecular complexity index is 668. The minimum absolute atomic E-state index is 0.0254. The first-order chi connectivity index (χ1) is 11.1. The van der Waals surface area contributed by atoms with Crippen LogP contribution >= 0.6 is 0 Å². The largest absolute Gasteiger partial charge is 0.396 e. The van der Waals surface area contributed by atoms with E-state index in [0.29, 0.717) is 12.1 Å². The molecule has 1 amide bonds. The molecule has 1 aliphatic rings. The van der Waals surface area contributed by atoms with Gasteiger partial charge in [-0.1, -0.05) is 43.7 Å². The van der Waals surface area contributed by atoms with Crippen molar-refractivity contribution in [3.63, 3.8) is 0 Å². The lowest BCUT2D eigenvalue weighted by Gasteiger charge is -2.29. The first-order valence-electron chi connectivity index (χ1n) is 8.09. The molecule has 2 atom stereocenters. The Morgan fingerprint density at radius 1 is 1.43 bits per heavy atom. The van der Waals surface area contributed by atoms with Crippen molar-refractivity contribution >= 4 is 5.91 Å². The Hall–Kier alpha value is -2.14. The summed E-state index contributed by atoms with van der Waals surface area (Å²) in [5.74, 6) is -0.115. The molecular weight excluding hydrogens is 290 g/mol. The molecule has 122 valence electrons. The fraction of sp³-hybridized carbons (Fsp3) is 0.444. The van der Waals surface area contributed by atoms with E-state index < -0.39 is 0 Å². The molecule has 1 aliphatic carbocycles. The van der Waals surface area contributed by atoms with Crippen LogP contribution in [0.2, 0.25) is 0 Å². The predicted molar refractivity (Wildman–Crippen MR) is 88.1 cm³/mol. The molecule has 1 aromatic carbocycles. The third-order valence-electron chi connectivity index (χ3n) is 4.83. The first-order valence-corrected chi connectivity index (χ1v) is 8.09. The van der Waals surface area contributed by atoms with Crippen molar-refractivity contribution in [1.82, 2.24) is 15.1 Å². The zero-order valence-corrected chi connectivity index (χ0v) is 13.4. The third kappa shape index (κ3) is 3.45. The number of aliphatic hydroxyl groups excluding tert-OH is 1. The maximum atomic E-state index is 12.4. The minimum Gasteiger partial charge on any atom is -0.396 e. The predicted octanol–water partition coefficient (Wildman–Crippen LogP) is 2.21. The number of hydrogen-bond acceptors (Lipinski definition) is 3. The summed E-state index contributed by atoms with van der Waals surface area (Å²) in [5.41, 5.74) is 1.50. The smallest absolute Gasteiger partial charge is 0.254 e. The average molecular weight is 313 g/mol. The number of hydrogen-bond donors (Lipinski definition) is 2. The van der Waals surface area contributed by atoms with Gasteiger partial charge in [-0.3, -0.25) is 9.48 Å².